The van der Waals surface area contributed by atoms with Crippen molar-refractivity contribution in [1.29, 1.82) is 0 Å². The van der Waals surface area contributed by atoms with Gasteiger partial charge in [-0.2, -0.15) is 0 Å². The Morgan fingerprint density at radius 2 is 1.50 bits per heavy atom. The summed E-state index contributed by atoms with van der Waals surface area (Å²) in [6, 6.07) is 0. The minimum atomic E-state index is -0.260. The highest BCUT2D eigenvalue weighted by Gasteiger charge is 2.63. The average Bonchev–Trinajstić information content (AvgIpc) is 2.77. The second kappa shape index (κ2) is 2.56. The molecule has 2 fully saturated rings. The van der Waals surface area contributed by atoms with Crippen LogP contribution in [0, 0.1) is 12.3 Å². The lowest BCUT2D eigenvalue weighted by Crippen LogP contribution is -2.41. The highest BCUT2D eigenvalue weighted by atomic mass is 16.7. The van der Waals surface area contributed by atoms with E-state index in [9.17, 15) is 0 Å². The molecule has 0 atom stereocenters. The Morgan fingerprint density at radius 3 is 1.79 bits per heavy atom. The summed E-state index contributed by atoms with van der Waals surface area (Å²) in [5.41, 5.74) is -0.520. The van der Waals surface area contributed by atoms with Gasteiger partial charge in [-0.3, -0.25) is 0 Å². The molecule has 0 unspecified atom stereocenters. The predicted molar refractivity (Wildman–Crippen MR) is 56.8 cm³/mol. The van der Waals surface area contributed by atoms with E-state index in [1.165, 1.54) is 0 Å². The fourth-order valence-corrected chi connectivity index (χ4v) is 1.65. The van der Waals surface area contributed by atoms with Gasteiger partial charge in [-0.25, -0.2) is 0 Å². The molecule has 0 aromatic heterocycles. The van der Waals surface area contributed by atoms with Crippen LogP contribution in [0.25, 0.3) is 0 Å². The van der Waals surface area contributed by atoms with Crippen molar-refractivity contribution in [3.8, 4) is 12.3 Å². The van der Waals surface area contributed by atoms with Gasteiger partial charge < -0.3 is 9.31 Å². The number of rotatable bonds is 1. The molecule has 0 N–H and O–H groups in total. The minimum Gasteiger partial charge on any atom is -0.402 e. The molecule has 1 aliphatic carbocycles. The zero-order chi connectivity index (χ0) is 10.6. The van der Waals surface area contributed by atoms with E-state index in [1.54, 1.807) is 0 Å². The fraction of sp³-hybridized carbons (Fsp3) is 0.818. The van der Waals surface area contributed by atoms with Gasteiger partial charge >= 0.3 is 7.12 Å². The molecule has 3 heteroatoms. The van der Waals surface area contributed by atoms with Crippen LogP contribution < -0.4 is 0 Å². The molecular weight excluding hydrogens is 175 g/mol. The summed E-state index contributed by atoms with van der Waals surface area (Å²) in [6.45, 7) is 8.22. The summed E-state index contributed by atoms with van der Waals surface area (Å²) in [7, 11) is -0.211. The maximum absolute atomic E-state index is 5.92. The van der Waals surface area contributed by atoms with Crippen molar-refractivity contribution in [2.75, 3.05) is 0 Å². The molecule has 2 nitrogen and oxygen atoms in total. The molecule has 76 valence electrons. The van der Waals surface area contributed by atoms with Gasteiger partial charge in [-0.1, -0.05) is 0 Å². The maximum atomic E-state index is 5.92. The van der Waals surface area contributed by atoms with Crippen molar-refractivity contribution >= 4 is 7.12 Å². The molecule has 1 heterocycles. The van der Waals surface area contributed by atoms with Crippen LogP contribution in [0.1, 0.15) is 40.5 Å². The Bertz CT molecular complexity index is 281. The van der Waals surface area contributed by atoms with E-state index in [-0.39, 0.29) is 23.6 Å². The normalized spacial score (nSPS) is 31.2. The van der Waals surface area contributed by atoms with Crippen LogP contribution in [-0.2, 0) is 9.31 Å². The first-order valence-electron chi connectivity index (χ1n) is 5.16. The highest BCUT2D eigenvalue weighted by Crippen LogP contribution is 2.59. The number of hydrogen-bond donors (Lipinski definition) is 0. The van der Waals surface area contributed by atoms with Gasteiger partial charge in [0.05, 0.1) is 16.5 Å². The lowest BCUT2D eigenvalue weighted by molar-refractivity contribution is 0.00578. The molecule has 0 amide bonds. The Morgan fingerprint density at radius 1 is 1.07 bits per heavy atom. The van der Waals surface area contributed by atoms with Crippen LogP contribution in [0.15, 0.2) is 0 Å². The Balaban J connectivity index is 2.19. The van der Waals surface area contributed by atoms with Crippen molar-refractivity contribution in [1.82, 2.24) is 0 Å². The van der Waals surface area contributed by atoms with Crippen LogP contribution in [0.4, 0.5) is 0 Å². The molecule has 1 saturated carbocycles. The third-order valence-electron chi connectivity index (χ3n) is 3.78. The largest absolute Gasteiger partial charge is 0.477 e. The molecule has 0 aromatic carbocycles. The van der Waals surface area contributed by atoms with Crippen LogP contribution in [-0.4, -0.2) is 18.3 Å². The van der Waals surface area contributed by atoms with Gasteiger partial charge in [0.1, 0.15) is 0 Å². The lowest BCUT2D eigenvalue weighted by Gasteiger charge is -2.32. The summed E-state index contributed by atoms with van der Waals surface area (Å²) < 4.78 is 11.8. The lowest BCUT2D eigenvalue weighted by atomic mass is 9.69. The average molecular weight is 192 g/mol. The first-order valence-corrected chi connectivity index (χ1v) is 5.16. The molecule has 14 heavy (non-hydrogen) atoms. The first kappa shape index (κ1) is 10.1. The predicted octanol–water partition coefficient (Wildman–Crippen LogP) is 2.25. The smallest absolute Gasteiger partial charge is 0.402 e. The SMILES string of the molecule is C#CC1(B2OC(C)(C)C(C)(C)O2)CC1. The molecule has 2 aliphatic rings. The number of terminal acetylenes is 1. The van der Waals surface area contributed by atoms with Gasteiger partial charge in [0.25, 0.3) is 0 Å². The van der Waals surface area contributed by atoms with E-state index in [4.69, 9.17) is 15.7 Å². The minimum absolute atomic E-state index is 0.134. The van der Waals surface area contributed by atoms with E-state index in [0.29, 0.717) is 0 Å². The zero-order valence-corrected chi connectivity index (χ0v) is 9.39. The molecule has 0 aromatic rings. The Kier molecular flexibility index (Phi) is 1.84. The molecule has 0 spiro atoms. The van der Waals surface area contributed by atoms with Crippen LogP contribution in [0.2, 0.25) is 5.31 Å². The molecule has 1 saturated heterocycles. The standard InChI is InChI=1S/C11H17BO2/c1-6-11(7-8-11)12-13-9(2,3)10(4,5)14-12/h1H,7-8H2,2-5H3. The van der Waals surface area contributed by atoms with E-state index < -0.39 is 0 Å². The van der Waals surface area contributed by atoms with Crippen LogP contribution >= 0.6 is 0 Å². The van der Waals surface area contributed by atoms with Crippen molar-refractivity contribution in [2.45, 2.75) is 57.1 Å². The molecular formula is C11H17BO2. The van der Waals surface area contributed by atoms with Crippen molar-refractivity contribution in [3.63, 3.8) is 0 Å². The summed E-state index contributed by atoms with van der Waals surface area (Å²) in [6.07, 6.45) is 7.57. The first-order chi connectivity index (χ1) is 6.33. The molecule has 2 rings (SSSR count). The Labute approximate surface area is 86.5 Å². The molecule has 0 bridgehead atoms. The summed E-state index contributed by atoms with van der Waals surface area (Å²) in [5, 5.41) is -0.134. The molecule has 1 aliphatic heterocycles. The van der Waals surface area contributed by atoms with Gasteiger partial charge in [0, 0.05) is 0 Å². The Hall–Kier alpha value is -0.455. The fourth-order valence-electron chi connectivity index (χ4n) is 1.65. The van der Waals surface area contributed by atoms with Gasteiger partial charge in [0.2, 0.25) is 0 Å². The van der Waals surface area contributed by atoms with Crippen LogP contribution in [0.3, 0.4) is 0 Å². The van der Waals surface area contributed by atoms with Crippen molar-refractivity contribution in [3.05, 3.63) is 0 Å². The van der Waals surface area contributed by atoms with Gasteiger partial charge in [-0.05, 0) is 40.5 Å². The third kappa shape index (κ3) is 1.21. The second-order valence-corrected chi connectivity index (χ2v) is 5.39. The van der Waals surface area contributed by atoms with Crippen molar-refractivity contribution < 1.29 is 9.31 Å². The van der Waals surface area contributed by atoms with E-state index >= 15 is 0 Å². The topological polar surface area (TPSA) is 18.5 Å². The van der Waals surface area contributed by atoms with E-state index in [0.717, 1.165) is 12.8 Å². The highest BCUT2D eigenvalue weighted by molar-refractivity contribution is 6.52. The summed E-state index contributed by atoms with van der Waals surface area (Å²) in [5.74, 6) is 2.82. The van der Waals surface area contributed by atoms with Gasteiger partial charge in [-0.15, -0.1) is 12.3 Å². The monoisotopic (exact) mass is 192 g/mol. The maximum Gasteiger partial charge on any atom is 0.477 e. The third-order valence-corrected chi connectivity index (χ3v) is 3.78. The van der Waals surface area contributed by atoms with Gasteiger partial charge in [0.15, 0.2) is 0 Å². The van der Waals surface area contributed by atoms with E-state index in [1.807, 2.05) is 0 Å². The zero-order valence-electron chi connectivity index (χ0n) is 9.39. The summed E-state index contributed by atoms with van der Waals surface area (Å²) >= 11 is 0. The summed E-state index contributed by atoms with van der Waals surface area (Å²) in [4.78, 5) is 0. The van der Waals surface area contributed by atoms with Crippen molar-refractivity contribution in [2.24, 2.45) is 0 Å². The quantitative estimate of drug-likeness (QED) is 0.468. The number of hydrogen-bond acceptors (Lipinski definition) is 2. The van der Waals surface area contributed by atoms with Crippen LogP contribution in [0.5, 0.6) is 0 Å². The van der Waals surface area contributed by atoms with E-state index in [2.05, 4.69) is 33.6 Å². The molecule has 0 radical (unpaired) electrons. The second-order valence-electron chi connectivity index (χ2n) is 5.39.